The SMILES string of the molecule is CCCCOc1ccc([C-]=Nc2[c-]cccc2)cc1.[Y]. The van der Waals surface area contributed by atoms with Crippen LogP contribution in [0.15, 0.2) is 53.5 Å². The second-order valence-corrected chi connectivity index (χ2v) is 4.20. The Morgan fingerprint density at radius 2 is 1.95 bits per heavy atom. The molecule has 2 rings (SSSR count). The number of hydrogen-bond donors (Lipinski definition) is 0. The number of nitrogens with zero attached hydrogens (tertiary/aromatic N) is 1. The fraction of sp³-hybridized carbons (Fsp3) is 0.235. The zero-order valence-corrected chi connectivity index (χ0v) is 14.5. The molecule has 101 valence electrons. The van der Waals surface area contributed by atoms with Gasteiger partial charge in [-0.3, -0.25) is 0 Å². The molecule has 2 aromatic carbocycles. The van der Waals surface area contributed by atoms with Crippen molar-refractivity contribution in [3.8, 4) is 5.75 Å². The smallest absolute Gasteiger partial charge is 0.101 e. The predicted octanol–water partition coefficient (Wildman–Crippen LogP) is 4.29. The van der Waals surface area contributed by atoms with Crippen molar-refractivity contribution in [3.05, 3.63) is 60.2 Å². The van der Waals surface area contributed by atoms with Gasteiger partial charge in [0.1, 0.15) is 5.75 Å². The summed E-state index contributed by atoms with van der Waals surface area (Å²) < 4.78 is 5.60. The van der Waals surface area contributed by atoms with Gasteiger partial charge in [0.15, 0.2) is 0 Å². The normalized spacial score (nSPS) is 10.2. The largest absolute Gasteiger partial charge is 0.495 e. The second kappa shape index (κ2) is 9.85. The number of aliphatic imine (C=N–C) groups is 1. The molecule has 0 aliphatic heterocycles. The number of hydrogen-bond acceptors (Lipinski definition) is 2. The van der Waals surface area contributed by atoms with E-state index in [0.29, 0.717) is 0 Å². The average Bonchev–Trinajstić information content (AvgIpc) is 2.48. The molecule has 0 aromatic heterocycles. The molecule has 3 heteroatoms. The third-order valence-electron chi connectivity index (χ3n) is 2.62. The summed E-state index contributed by atoms with van der Waals surface area (Å²) in [7, 11) is 0. The van der Waals surface area contributed by atoms with Gasteiger partial charge in [-0.25, -0.2) is 6.07 Å². The molecule has 2 nitrogen and oxygen atoms in total. The Hall–Kier alpha value is -0.986. The van der Waals surface area contributed by atoms with Crippen LogP contribution in [0.4, 0.5) is 5.69 Å². The molecule has 0 fully saturated rings. The summed E-state index contributed by atoms with van der Waals surface area (Å²) in [4.78, 5) is 4.24. The predicted molar refractivity (Wildman–Crippen MR) is 78.3 cm³/mol. The van der Waals surface area contributed by atoms with Crippen LogP contribution in [0.1, 0.15) is 25.3 Å². The van der Waals surface area contributed by atoms with E-state index in [1.165, 1.54) is 0 Å². The molecule has 0 spiro atoms. The third-order valence-corrected chi connectivity index (χ3v) is 2.62. The van der Waals surface area contributed by atoms with Gasteiger partial charge in [-0.05, 0) is 12.6 Å². The van der Waals surface area contributed by atoms with Gasteiger partial charge in [-0.2, -0.15) is 24.3 Å². The summed E-state index contributed by atoms with van der Waals surface area (Å²) in [6.45, 7) is 2.92. The first kappa shape index (κ1) is 17.1. The quantitative estimate of drug-likeness (QED) is 0.437. The zero-order valence-electron chi connectivity index (χ0n) is 11.7. The van der Waals surface area contributed by atoms with Gasteiger partial charge in [0.05, 0.1) is 6.61 Å². The van der Waals surface area contributed by atoms with Gasteiger partial charge in [0.2, 0.25) is 0 Å². The van der Waals surface area contributed by atoms with Crippen molar-refractivity contribution >= 4 is 11.9 Å². The summed E-state index contributed by atoms with van der Waals surface area (Å²) in [6.07, 6.45) is 5.22. The maximum Gasteiger partial charge on any atom is 0.101 e. The first-order valence-electron chi connectivity index (χ1n) is 6.55. The summed E-state index contributed by atoms with van der Waals surface area (Å²) in [5, 5.41) is 0. The number of para-hydroxylation sites is 1. The van der Waals surface area contributed by atoms with E-state index in [9.17, 15) is 0 Å². The molecule has 0 bridgehead atoms. The van der Waals surface area contributed by atoms with Gasteiger partial charge in [-0.15, -0.1) is 23.4 Å². The van der Waals surface area contributed by atoms with Crippen molar-refractivity contribution in [1.29, 1.82) is 0 Å². The van der Waals surface area contributed by atoms with Crippen LogP contribution in [0, 0.1) is 6.07 Å². The summed E-state index contributed by atoms with van der Waals surface area (Å²) in [6, 6.07) is 18.4. The van der Waals surface area contributed by atoms with Crippen molar-refractivity contribution in [2.45, 2.75) is 19.8 Å². The Labute approximate surface area is 146 Å². The molecule has 0 saturated carbocycles. The maximum absolute atomic E-state index is 5.60. The molecule has 1 radical (unpaired) electrons. The molecule has 20 heavy (non-hydrogen) atoms. The van der Waals surface area contributed by atoms with Crippen LogP contribution in [0.25, 0.3) is 0 Å². The van der Waals surface area contributed by atoms with Crippen LogP contribution in [0.2, 0.25) is 0 Å². The molecule has 0 aliphatic carbocycles. The Bertz CT molecular complexity index is 508. The van der Waals surface area contributed by atoms with Crippen molar-refractivity contribution in [2.24, 2.45) is 4.99 Å². The van der Waals surface area contributed by atoms with Gasteiger partial charge >= 0.3 is 0 Å². The van der Waals surface area contributed by atoms with Crippen molar-refractivity contribution in [2.75, 3.05) is 6.61 Å². The van der Waals surface area contributed by atoms with E-state index in [1.807, 2.05) is 48.5 Å². The molecule has 0 saturated heterocycles. The topological polar surface area (TPSA) is 21.6 Å². The summed E-state index contributed by atoms with van der Waals surface area (Å²) in [5.74, 6) is 0.894. The van der Waals surface area contributed by atoms with Crippen molar-refractivity contribution in [1.82, 2.24) is 0 Å². The van der Waals surface area contributed by atoms with Gasteiger partial charge in [0, 0.05) is 32.7 Å². The van der Waals surface area contributed by atoms with E-state index in [2.05, 4.69) is 24.2 Å². The monoisotopic (exact) mass is 340 g/mol. The van der Waals surface area contributed by atoms with E-state index < -0.39 is 0 Å². The van der Waals surface area contributed by atoms with E-state index in [4.69, 9.17) is 4.74 Å². The summed E-state index contributed by atoms with van der Waals surface area (Å²) >= 11 is 0. The first-order valence-corrected chi connectivity index (χ1v) is 6.55. The molecular formula is C17H17NOY-2. The fourth-order valence-electron chi connectivity index (χ4n) is 1.54. The van der Waals surface area contributed by atoms with Crippen LogP contribution in [0.5, 0.6) is 5.75 Å². The third kappa shape index (κ3) is 5.98. The standard InChI is InChI=1S/C17H17NO.Y/c1-2-3-13-19-17-11-9-15(10-12-17)14-18-16-7-5-4-6-8-16;/h4-7,9-12H,2-3,13H2,1H3;/q-2;. The van der Waals surface area contributed by atoms with Gasteiger partial charge < -0.3 is 9.73 Å². The van der Waals surface area contributed by atoms with E-state index >= 15 is 0 Å². The van der Waals surface area contributed by atoms with Crippen LogP contribution >= 0.6 is 0 Å². The number of rotatable bonds is 6. The minimum atomic E-state index is 0. The molecule has 0 heterocycles. The first-order chi connectivity index (χ1) is 9.38. The number of unbranched alkanes of at least 4 members (excludes halogenated alkanes) is 1. The Morgan fingerprint density at radius 1 is 1.15 bits per heavy atom. The van der Waals surface area contributed by atoms with Crippen LogP contribution in [0.3, 0.4) is 0 Å². The number of ether oxygens (including phenoxy) is 1. The second-order valence-electron chi connectivity index (χ2n) is 4.20. The molecule has 0 unspecified atom stereocenters. The molecule has 0 aliphatic rings. The minimum absolute atomic E-state index is 0. The van der Waals surface area contributed by atoms with Gasteiger partial charge in [0.25, 0.3) is 0 Å². The minimum Gasteiger partial charge on any atom is -0.495 e. The Balaban J connectivity index is 0.00000200. The summed E-state index contributed by atoms with van der Waals surface area (Å²) in [5.41, 5.74) is 1.71. The Morgan fingerprint density at radius 3 is 2.60 bits per heavy atom. The zero-order chi connectivity index (χ0) is 13.3. The van der Waals surface area contributed by atoms with Crippen LogP contribution < -0.4 is 4.74 Å². The van der Waals surface area contributed by atoms with E-state index in [1.54, 1.807) is 0 Å². The van der Waals surface area contributed by atoms with Crippen molar-refractivity contribution in [3.63, 3.8) is 0 Å². The van der Waals surface area contributed by atoms with Crippen molar-refractivity contribution < 1.29 is 37.4 Å². The van der Waals surface area contributed by atoms with Gasteiger partial charge in [-0.1, -0.05) is 25.5 Å². The van der Waals surface area contributed by atoms with E-state index in [0.717, 1.165) is 36.4 Å². The molecule has 2 aromatic rings. The van der Waals surface area contributed by atoms with Crippen LogP contribution in [-0.4, -0.2) is 12.8 Å². The van der Waals surface area contributed by atoms with E-state index in [-0.39, 0.29) is 32.7 Å². The van der Waals surface area contributed by atoms with Crippen LogP contribution in [-0.2, 0) is 32.7 Å². The number of benzene rings is 2. The average molecular weight is 340 g/mol. The molecule has 0 amide bonds. The maximum atomic E-state index is 5.60. The molecule has 0 atom stereocenters. The Kier molecular flexibility index (Phi) is 8.40. The fourth-order valence-corrected chi connectivity index (χ4v) is 1.54. The molecule has 0 N–H and O–H groups in total. The molecular weight excluding hydrogens is 323 g/mol.